The summed E-state index contributed by atoms with van der Waals surface area (Å²) in [6.45, 7) is 1.92. The third-order valence-corrected chi connectivity index (χ3v) is 6.64. The second kappa shape index (κ2) is 6.96. The summed E-state index contributed by atoms with van der Waals surface area (Å²) >= 11 is 0. The number of rotatable bonds is 3. The molecule has 0 unspecified atom stereocenters. The van der Waals surface area contributed by atoms with Crippen LogP contribution in [0.4, 0.5) is 5.69 Å². The molecule has 5 rings (SSSR count). The molecule has 1 amide bonds. The van der Waals surface area contributed by atoms with Crippen LogP contribution >= 0.6 is 0 Å². The second-order valence-corrected chi connectivity index (χ2v) is 9.48. The SMILES string of the molecule is CS(=O)(=O)N1Cc2ccc(NC(=O)c3ccc4c(c3)-c3cncn3CCO4)cc2C1. The number of hydrogen-bond acceptors (Lipinski definition) is 5. The highest BCUT2D eigenvalue weighted by atomic mass is 32.2. The molecule has 30 heavy (non-hydrogen) atoms. The predicted octanol–water partition coefficient (Wildman–Crippen LogP) is 2.47. The topological polar surface area (TPSA) is 93.5 Å². The van der Waals surface area contributed by atoms with Gasteiger partial charge in [0.05, 0.1) is 31.0 Å². The van der Waals surface area contributed by atoms with E-state index in [1.165, 1.54) is 10.6 Å². The number of nitrogens with zero attached hydrogens (tertiary/aromatic N) is 3. The Balaban J connectivity index is 1.39. The average molecular weight is 424 g/mol. The molecule has 3 aromatic rings. The highest BCUT2D eigenvalue weighted by molar-refractivity contribution is 7.88. The van der Waals surface area contributed by atoms with Crippen molar-refractivity contribution in [1.29, 1.82) is 0 Å². The number of ether oxygens (including phenoxy) is 1. The second-order valence-electron chi connectivity index (χ2n) is 7.50. The summed E-state index contributed by atoms with van der Waals surface area (Å²) in [5, 5.41) is 2.91. The Morgan fingerprint density at radius 2 is 1.97 bits per heavy atom. The van der Waals surface area contributed by atoms with E-state index in [9.17, 15) is 13.2 Å². The number of fused-ring (bicyclic) bond motifs is 4. The number of carbonyl (C=O) groups excluding carboxylic acids is 1. The van der Waals surface area contributed by atoms with Gasteiger partial charge in [-0.05, 0) is 41.5 Å². The molecular weight excluding hydrogens is 404 g/mol. The zero-order valence-electron chi connectivity index (χ0n) is 16.3. The fourth-order valence-corrected chi connectivity index (χ4v) is 4.60. The van der Waals surface area contributed by atoms with Gasteiger partial charge in [0.15, 0.2) is 0 Å². The number of hydrogen-bond donors (Lipinski definition) is 1. The molecule has 0 spiro atoms. The number of aromatic nitrogens is 2. The smallest absolute Gasteiger partial charge is 0.255 e. The lowest BCUT2D eigenvalue weighted by molar-refractivity contribution is 0.102. The zero-order valence-corrected chi connectivity index (χ0v) is 17.1. The molecule has 1 N–H and O–H groups in total. The van der Waals surface area contributed by atoms with E-state index in [1.807, 2.05) is 22.8 Å². The van der Waals surface area contributed by atoms with Gasteiger partial charge in [-0.25, -0.2) is 13.4 Å². The minimum absolute atomic E-state index is 0.244. The number of nitrogens with one attached hydrogen (secondary N) is 1. The van der Waals surface area contributed by atoms with Crippen LogP contribution in [-0.2, 0) is 29.7 Å². The zero-order chi connectivity index (χ0) is 20.9. The number of imidazole rings is 1. The maximum Gasteiger partial charge on any atom is 0.255 e. The Morgan fingerprint density at radius 3 is 2.80 bits per heavy atom. The Bertz CT molecular complexity index is 1270. The third-order valence-electron chi connectivity index (χ3n) is 5.45. The summed E-state index contributed by atoms with van der Waals surface area (Å²) in [5.74, 6) is 0.482. The fourth-order valence-electron chi connectivity index (χ4n) is 3.85. The van der Waals surface area contributed by atoms with Crippen molar-refractivity contribution >= 4 is 21.6 Å². The summed E-state index contributed by atoms with van der Waals surface area (Å²) in [6.07, 6.45) is 4.73. The Morgan fingerprint density at radius 1 is 1.13 bits per heavy atom. The van der Waals surface area contributed by atoms with Gasteiger partial charge in [0, 0.05) is 29.9 Å². The summed E-state index contributed by atoms with van der Waals surface area (Å²) in [5.41, 5.74) is 4.73. The summed E-state index contributed by atoms with van der Waals surface area (Å²) in [7, 11) is -3.25. The van der Waals surface area contributed by atoms with Gasteiger partial charge in [-0.2, -0.15) is 4.31 Å². The number of carbonyl (C=O) groups is 1. The minimum Gasteiger partial charge on any atom is -0.491 e. The van der Waals surface area contributed by atoms with E-state index in [0.717, 1.165) is 28.1 Å². The minimum atomic E-state index is -3.25. The summed E-state index contributed by atoms with van der Waals surface area (Å²) in [6, 6.07) is 10.8. The fraction of sp³-hybridized carbons (Fsp3) is 0.238. The van der Waals surface area contributed by atoms with Crippen LogP contribution in [0, 0.1) is 0 Å². The number of anilines is 1. The lowest BCUT2D eigenvalue weighted by Gasteiger charge is -2.11. The third kappa shape index (κ3) is 3.35. The van der Waals surface area contributed by atoms with Crippen molar-refractivity contribution in [2.75, 3.05) is 18.2 Å². The van der Waals surface area contributed by atoms with Crippen molar-refractivity contribution < 1.29 is 17.9 Å². The molecule has 3 heterocycles. The molecule has 154 valence electrons. The predicted molar refractivity (Wildman–Crippen MR) is 112 cm³/mol. The normalized spacial score (nSPS) is 15.5. The monoisotopic (exact) mass is 424 g/mol. The number of sulfonamides is 1. The van der Waals surface area contributed by atoms with Crippen molar-refractivity contribution in [3.05, 3.63) is 65.6 Å². The highest BCUT2D eigenvalue weighted by Gasteiger charge is 2.26. The highest BCUT2D eigenvalue weighted by Crippen LogP contribution is 2.33. The van der Waals surface area contributed by atoms with Crippen LogP contribution in [-0.4, -0.2) is 41.0 Å². The Hall–Kier alpha value is -3.17. The molecule has 9 heteroatoms. The molecule has 0 bridgehead atoms. The van der Waals surface area contributed by atoms with Crippen LogP contribution < -0.4 is 10.1 Å². The first kappa shape index (κ1) is 18.8. The van der Waals surface area contributed by atoms with E-state index in [4.69, 9.17) is 4.74 Å². The van der Waals surface area contributed by atoms with Crippen LogP contribution in [0.3, 0.4) is 0 Å². The average Bonchev–Trinajstić information content (AvgIpc) is 3.31. The van der Waals surface area contributed by atoms with Crippen LogP contribution in [0.5, 0.6) is 5.75 Å². The van der Waals surface area contributed by atoms with E-state index in [-0.39, 0.29) is 5.91 Å². The van der Waals surface area contributed by atoms with Crippen molar-refractivity contribution in [1.82, 2.24) is 13.9 Å². The molecule has 8 nitrogen and oxygen atoms in total. The van der Waals surface area contributed by atoms with Gasteiger partial charge >= 0.3 is 0 Å². The van der Waals surface area contributed by atoms with Crippen molar-refractivity contribution in [2.24, 2.45) is 0 Å². The van der Waals surface area contributed by atoms with E-state index in [1.54, 1.807) is 30.7 Å². The van der Waals surface area contributed by atoms with Crippen LogP contribution in [0.1, 0.15) is 21.5 Å². The van der Waals surface area contributed by atoms with E-state index < -0.39 is 10.0 Å². The first-order chi connectivity index (χ1) is 14.4. The molecular formula is C21H20N4O4S. The molecule has 0 saturated heterocycles. The first-order valence-electron chi connectivity index (χ1n) is 9.54. The molecule has 0 saturated carbocycles. The Labute approximate surface area is 174 Å². The Kier molecular flexibility index (Phi) is 4.37. The van der Waals surface area contributed by atoms with Crippen LogP contribution in [0.2, 0.25) is 0 Å². The van der Waals surface area contributed by atoms with Crippen LogP contribution in [0.25, 0.3) is 11.3 Å². The van der Waals surface area contributed by atoms with E-state index in [0.29, 0.717) is 37.5 Å². The summed E-state index contributed by atoms with van der Waals surface area (Å²) < 4.78 is 32.8. The van der Waals surface area contributed by atoms with Crippen molar-refractivity contribution in [3.63, 3.8) is 0 Å². The van der Waals surface area contributed by atoms with Gasteiger partial charge in [0.1, 0.15) is 12.4 Å². The number of amides is 1. The maximum absolute atomic E-state index is 12.9. The molecule has 2 aliphatic heterocycles. The standard InChI is InChI=1S/C21H20N4O4S/c1-30(27,28)25-11-15-2-4-17(8-16(15)12-25)23-21(26)14-3-5-20-18(9-14)19-10-22-13-24(19)6-7-29-20/h2-5,8-10,13H,6-7,11-12H2,1H3,(H,23,26). The maximum atomic E-state index is 12.9. The van der Waals surface area contributed by atoms with Crippen molar-refractivity contribution in [3.8, 4) is 17.0 Å². The van der Waals surface area contributed by atoms with Crippen LogP contribution in [0.15, 0.2) is 48.9 Å². The molecule has 0 fully saturated rings. The van der Waals surface area contributed by atoms with Gasteiger partial charge in [-0.1, -0.05) is 6.07 Å². The first-order valence-corrected chi connectivity index (χ1v) is 11.4. The lowest BCUT2D eigenvalue weighted by Crippen LogP contribution is -2.23. The van der Waals surface area contributed by atoms with Crippen molar-refractivity contribution in [2.45, 2.75) is 19.6 Å². The van der Waals surface area contributed by atoms with Gasteiger partial charge in [0.2, 0.25) is 10.0 Å². The molecule has 2 aromatic carbocycles. The van der Waals surface area contributed by atoms with E-state index in [2.05, 4.69) is 10.3 Å². The molecule has 0 aliphatic carbocycles. The molecule has 2 aliphatic rings. The quantitative estimate of drug-likeness (QED) is 0.697. The lowest BCUT2D eigenvalue weighted by atomic mass is 10.1. The van der Waals surface area contributed by atoms with Gasteiger partial charge in [-0.3, -0.25) is 4.79 Å². The van der Waals surface area contributed by atoms with Gasteiger partial charge < -0.3 is 14.6 Å². The molecule has 0 atom stereocenters. The molecule has 0 radical (unpaired) electrons. The summed E-state index contributed by atoms with van der Waals surface area (Å²) in [4.78, 5) is 17.1. The van der Waals surface area contributed by atoms with Gasteiger partial charge in [-0.15, -0.1) is 0 Å². The largest absolute Gasteiger partial charge is 0.491 e. The molecule has 1 aromatic heterocycles. The van der Waals surface area contributed by atoms with Gasteiger partial charge in [0.25, 0.3) is 5.91 Å². The van der Waals surface area contributed by atoms with E-state index >= 15 is 0 Å². The number of benzene rings is 2.